The third-order valence-electron chi connectivity index (χ3n) is 4.47. The Hall–Kier alpha value is -2.49. The number of benzene rings is 2. The summed E-state index contributed by atoms with van der Waals surface area (Å²) in [5, 5.41) is 3.07. The Morgan fingerprint density at radius 3 is 2.31 bits per heavy atom. The van der Waals surface area contributed by atoms with Crippen LogP contribution in [0.1, 0.15) is 43.5 Å². The predicted molar refractivity (Wildman–Crippen MR) is 103 cm³/mol. The van der Waals surface area contributed by atoms with Crippen LogP contribution in [0.15, 0.2) is 42.5 Å². The summed E-state index contributed by atoms with van der Waals surface area (Å²) < 4.78 is 11.1. The molecule has 3 rings (SSSR count). The first-order valence-corrected chi connectivity index (χ1v) is 9.28. The molecule has 4 heteroatoms. The highest BCUT2D eigenvalue weighted by molar-refractivity contribution is 5.79. The summed E-state index contributed by atoms with van der Waals surface area (Å²) in [6.07, 6.45) is 1.40. The van der Waals surface area contributed by atoms with Crippen molar-refractivity contribution in [2.75, 3.05) is 13.2 Å². The summed E-state index contributed by atoms with van der Waals surface area (Å²) in [7, 11) is 0. The largest absolute Gasteiger partial charge is 0.486 e. The normalized spacial score (nSPS) is 14.2. The van der Waals surface area contributed by atoms with Gasteiger partial charge in [-0.15, -0.1) is 0 Å². The van der Waals surface area contributed by atoms with E-state index < -0.39 is 0 Å². The highest BCUT2D eigenvalue weighted by Gasteiger charge is 2.14. The molecule has 0 aliphatic carbocycles. The Bertz CT molecular complexity index is 752. The van der Waals surface area contributed by atoms with Gasteiger partial charge in [0.1, 0.15) is 13.2 Å². The molecule has 1 heterocycles. The number of carbonyl (C=O) groups is 1. The lowest BCUT2D eigenvalue weighted by Crippen LogP contribution is -2.28. The number of amides is 1. The van der Waals surface area contributed by atoms with Gasteiger partial charge in [-0.2, -0.15) is 0 Å². The van der Waals surface area contributed by atoms with E-state index in [-0.39, 0.29) is 11.9 Å². The Morgan fingerprint density at radius 1 is 0.962 bits per heavy atom. The van der Waals surface area contributed by atoms with Crippen molar-refractivity contribution >= 4 is 5.91 Å². The zero-order chi connectivity index (χ0) is 18.5. The zero-order valence-corrected chi connectivity index (χ0v) is 15.7. The van der Waals surface area contributed by atoms with E-state index in [0.29, 0.717) is 25.6 Å². The molecule has 0 fully saturated rings. The van der Waals surface area contributed by atoms with Gasteiger partial charge in [0.2, 0.25) is 5.91 Å². The lowest BCUT2D eigenvalue weighted by Gasteiger charge is -2.19. The van der Waals surface area contributed by atoms with Gasteiger partial charge in [-0.3, -0.25) is 4.79 Å². The minimum absolute atomic E-state index is 0.000403. The number of ether oxygens (including phenoxy) is 2. The van der Waals surface area contributed by atoms with Crippen LogP contribution in [0.25, 0.3) is 0 Å². The van der Waals surface area contributed by atoms with E-state index in [2.05, 4.69) is 43.4 Å². The fraction of sp³-hybridized carbons (Fsp3) is 0.409. The van der Waals surface area contributed by atoms with E-state index in [1.807, 2.05) is 25.1 Å². The lowest BCUT2D eigenvalue weighted by molar-refractivity contribution is -0.121. The van der Waals surface area contributed by atoms with Gasteiger partial charge in [-0.25, -0.2) is 0 Å². The topological polar surface area (TPSA) is 47.6 Å². The van der Waals surface area contributed by atoms with E-state index >= 15 is 0 Å². The number of fused-ring (bicyclic) bond motifs is 1. The van der Waals surface area contributed by atoms with Gasteiger partial charge in [0.25, 0.3) is 0 Å². The molecule has 0 unspecified atom stereocenters. The SMILES string of the molecule is CC(C)Cc1ccc([C@@H](C)NC(=O)Cc2ccc3c(c2)OCCO3)cc1. The molecule has 0 bridgehead atoms. The number of hydrogen-bond donors (Lipinski definition) is 1. The molecule has 0 spiro atoms. The molecule has 2 aromatic carbocycles. The predicted octanol–water partition coefficient (Wildman–Crippen LogP) is 4.08. The molecule has 0 saturated carbocycles. The monoisotopic (exact) mass is 353 g/mol. The Morgan fingerprint density at radius 2 is 1.62 bits per heavy atom. The summed E-state index contributed by atoms with van der Waals surface area (Å²) >= 11 is 0. The second-order valence-corrected chi connectivity index (χ2v) is 7.28. The van der Waals surface area contributed by atoms with Crippen LogP contribution in [0.2, 0.25) is 0 Å². The van der Waals surface area contributed by atoms with Crippen LogP contribution in [0.3, 0.4) is 0 Å². The number of carbonyl (C=O) groups excluding carboxylic acids is 1. The lowest BCUT2D eigenvalue weighted by atomic mass is 10.00. The molecule has 1 amide bonds. The van der Waals surface area contributed by atoms with Crippen molar-refractivity contribution in [3.05, 3.63) is 59.2 Å². The van der Waals surface area contributed by atoms with Gasteiger partial charge in [0.05, 0.1) is 12.5 Å². The minimum Gasteiger partial charge on any atom is -0.486 e. The van der Waals surface area contributed by atoms with Crippen LogP contribution in [0, 0.1) is 5.92 Å². The van der Waals surface area contributed by atoms with E-state index in [1.165, 1.54) is 5.56 Å². The van der Waals surface area contributed by atoms with Crippen molar-refractivity contribution in [2.24, 2.45) is 5.92 Å². The second kappa shape index (κ2) is 8.26. The zero-order valence-electron chi connectivity index (χ0n) is 15.7. The molecular weight excluding hydrogens is 326 g/mol. The van der Waals surface area contributed by atoms with Crippen LogP contribution >= 0.6 is 0 Å². The second-order valence-electron chi connectivity index (χ2n) is 7.28. The highest BCUT2D eigenvalue weighted by Crippen LogP contribution is 2.30. The average molecular weight is 353 g/mol. The van der Waals surface area contributed by atoms with Crippen molar-refractivity contribution < 1.29 is 14.3 Å². The van der Waals surface area contributed by atoms with Gasteiger partial charge in [0.15, 0.2) is 11.5 Å². The molecule has 0 aromatic heterocycles. The molecule has 4 nitrogen and oxygen atoms in total. The van der Waals surface area contributed by atoms with Crippen LogP contribution < -0.4 is 14.8 Å². The summed E-state index contributed by atoms with van der Waals surface area (Å²) in [4.78, 5) is 12.4. The van der Waals surface area contributed by atoms with E-state index in [9.17, 15) is 4.79 Å². The van der Waals surface area contributed by atoms with Gasteiger partial charge >= 0.3 is 0 Å². The molecule has 1 aliphatic heterocycles. The molecule has 1 atom stereocenters. The molecule has 0 saturated heterocycles. The van der Waals surface area contributed by atoms with E-state index in [0.717, 1.165) is 29.0 Å². The van der Waals surface area contributed by atoms with Crippen LogP contribution in [0.4, 0.5) is 0 Å². The maximum absolute atomic E-state index is 12.4. The molecule has 1 N–H and O–H groups in total. The Labute approximate surface area is 155 Å². The number of hydrogen-bond acceptors (Lipinski definition) is 3. The van der Waals surface area contributed by atoms with Crippen molar-refractivity contribution in [2.45, 2.75) is 39.7 Å². The van der Waals surface area contributed by atoms with Gasteiger partial charge < -0.3 is 14.8 Å². The van der Waals surface area contributed by atoms with Gasteiger partial charge in [0, 0.05) is 0 Å². The van der Waals surface area contributed by atoms with E-state index in [4.69, 9.17) is 9.47 Å². The Balaban J connectivity index is 1.57. The quantitative estimate of drug-likeness (QED) is 0.851. The molecular formula is C22H27NO3. The fourth-order valence-electron chi connectivity index (χ4n) is 3.17. The van der Waals surface area contributed by atoms with Crippen LogP contribution in [-0.4, -0.2) is 19.1 Å². The standard InChI is InChI=1S/C22H27NO3/c1-15(2)12-17-4-7-19(8-5-17)16(3)23-22(24)14-18-6-9-20-21(13-18)26-11-10-25-20/h4-9,13,15-16H,10-12,14H2,1-3H3,(H,23,24)/t16-/m1/s1. The summed E-state index contributed by atoms with van der Waals surface area (Å²) in [5.41, 5.74) is 3.37. The van der Waals surface area contributed by atoms with Crippen molar-refractivity contribution in [1.29, 1.82) is 0 Å². The van der Waals surface area contributed by atoms with Gasteiger partial charge in [-0.05, 0) is 48.1 Å². The first kappa shape index (κ1) is 18.3. The number of rotatable bonds is 6. The maximum Gasteiger partial charge on any atom is 0.224 e. The molecule has 1 aliphatic rings. The summed E-state index contributed by atoms with van der Waals surface area (Å²) in [5.74, 6) is 2.11. The summed E-state index contributed by atoms with van der Waals surface area (Å²) in [6, 6.07) is 14.2. The number of nitrogens with one attached hydrogen (secondary N) is 1. The van der Waals surface area contributed by atoms with Crippen LogP contribution in [-0.2, 0) is 17.6 Å². The van der Waals surface area contributed by atoms with Gasteiger partial charge in [-0.1, -0.05) is 44.2 Å². The third kappa shape index (κ3) is 4.78. The Kier molecular flexibility index (Phi) is 5.82. The molecule has 0 radical (unpaired) electrons. The van der Waals surface area contributed by atoms with Crippen molar-refractivity contribution in [3.63, 3.8) is 0 Å². The average Bonchev–Trinajstić information content (AvgIpc) is 2.61. The maximum atomic E-state index is 12.4. The highest BCUT2D eigenvalue weighted by atomic mass is 16.6. The van der Waals surface area contributed by atoms with Crippen molar-refractivity contribution in [1.82, 2.24) is 5.32 Å². The summed E-state index contributed by atoms with van der Waals surface area (Å²) in [6.45, 7) is 7.56. The van der Waals surface area contributed by atoms with Crippen molar-refractivity contribution in [3.8, 4) is 11.5 Å². The fourth-order valence-corrected chi connectivity index (χ4v) is 3.17. The first-order chi connectivity index (χ1) is 12.5. The molecule has 2 aromatic rings. The molecule has 138 valence electrons. The third-order valence-corrected chi connectivity index (χ3v) is 4.47. The first-order valence-electron chi connectivity index (χ1n) is 9.28. The van der Waals surface area contributed by atoms with Crippen LogP contribution in [0.5, 0.6) is 11.5 Å². The van der Waals surface area contributed by atoms with E-state index in [1.54, 1.807) is 0 Å². The smallest absolute Gasteiger partial charge is 0.224 e. The minimum atomic E-state index is -0.0205. The molecule has 26 heavy (non-hydrogen) atoms.